The van der Waals surface area contributed by atoms with E-state index in [0.29, 0.717) is 13.0 Å². The van der Waals surface area contributed by atoms with Crippen LogP contribution in [0.4, 0.5) is 11.4 Å². The van der Waals surface area contributed by atoms with Gasteiger partial charge < -0.3 is 16.0 Å². The predicted octanol–water partition coefficient (Wildman–Crippen LogP) is 1.75. The Morgan fingerprint density at radius 2 is 2.28 bits per heavy atom. The van der Waals surface area contributed by atoms with Crippen molar-refractivity contribution in [2.75, 3.05) is 29.9 Å². The number of carbonyl (C=O) groups excluding carboxylic acids is 1. The van der Waals surface area contributed by atoms with Crippen molar-refractivity contribution in [2.45, 2.75) is 26.2 Å². The fourth-order valence-corrected chi connectivity index (χ4v) is 2.25. The summed E-state index contributed by atoms with van der Waals surface area (Å²) in [4.78, 5) is 13.9. The molecular formula is C14H21N3O. The smallest absolute Gasteiger partial charge is 0.226 e. The first-order valence-corrected chi connectivity index (χ1v) is 6.62. The summed E-state index contributed by atoms with van der Waals surface area (Å²) in [7, 11) is 0. The molecule has 0 spiro atoms. The summed E-state index contributed by atoms with van der Waals surface area (Å²) in [6.07, 6.45) is 2.50. The lowest BCUT2D eigenvalue weighted by Gasteiger charge is -2.24. The number of hydrogen-bond donors (Lipinski definition) is 2. The van der Waals surface area contributed by atoms with Gasteiger partial charge in [-0.3, -0.25) is 4.79 Å². The molecule has 0 aliphatic carbocycles. The van der Waals surface area contributed by atoms with Crippen LogP contribution in [0.5, 0.6) is 0 Å². The van der Waals surface area contributed by atoms with Crippen molar-refractivity contribution in [1.29, 1.82) is 0 Å². The van der Waals surface area contributed by atoms with Gasteiger partial charge in [-0.15, -0.1) is 0 Å². The zero-order valence-electron chi connectivity index (χ0n) is 10.9. The third-order valence-electron chi connectivity index (χ3n) is 3.33. The number of hydrogen-bond acceptors (Lipinski definition) is 3. The van der Waals surface area contributed by atoms with Crippen molar-refractivity contribution in [1.82, 2.24) is 0 Å². The lowest BCUT2D eigenvalue weighted by molar-refractivity contribution is -0.115. The summed E-state index contributed by atoms with van der Waals surface area (Å²) in [6.45, 7) is 4.50. The van der Waals surface area contributed by atoms with Gasteiger partial charge in [0.05, 0.1) is 11.4 Å². The summed E-state index contributed by atoms with van der Waals surface area (Å²) in [5.41, 5.74) is 8.93. The van der Waals surface area contributed by atoms with Crippen molar-refractivity contribution >= 4 is 17.3 Å². The van der Waals surface area contributed by atoms with E-state index in [0.717, 1.165) is 37.3 Å². The van der Waals surface area contributed by atoms with Crippen LogP contribution in [0.2, 0.25) is 0 Å². The molecule has 0 fully saturated rings. The number of nitrogens with two attached hydrogens (primary N) is 1. The van der Waals surface area contributed by atoms with Gasteiger partial charge in [0.1, 0.15) is 0 Å². The minimum atomic E-state index is 0.0933. The van der Waals surface area contributed by atoms with Crippen LogP contribution in [0, 0.1) is 0 Å². The van der Waals surface area contributed by atoms with Crippen molar-refractivity contribution in [2.24, 2.45) is 5.73 Å². The summed E-state index contributed by atoms with van der Waals surface area (Å²) < 4.78 is 0. The van der Waals surface area contributed by atoms with Gasteiger partial charge in [-0.05, 0) is 37.1 Å². The molecule has 1 heterocycles. The number of aryl methyl sites for hydroxylation is 1. The number of nitrogens with zero attached hydrogens (tertiary/aromatic N) is 1. The molecule has 4 nitrogen and oxygen atoms in total. The largest absolute Gasteiger partial charge is 0.369 e. The van der Waals surface area contributed by atoms with Crippen LogP contribution >= 0.6 is 0 Å². The van der Waals surface area contributed by atoms with Gasteiger partial charge in [0.15, 0.2) is 0 Å². The first-order valence-electron chi connectivity index (χ1n) is 6.62. The summed E-state index contributed by atoms with van der Waals surface area (Å²) in [5.74, 6) is 0.0933. The number of carbonyl (C=O) groups is 1. The number of rotatable bonds is 4. The van der Waals surface area contributed by atoms with E-state index in [-0.39, 0.29) is 5.91 Å². The Morgan fingerprint density at radius 1 is 1.44 bits per heavy atom. The van der Waals surface area contributed by atoms with E-state index in [4.69, 9.17) is 5.73 Å². The van der Waals surface area contributed by atoms with E-state index in [2.05, 4.69) is 29.3 Å². The lowest BCUT2D eigenvalue weighted by Crippen LogP contribution is -2.27. The van der Waals surface area contributed by atoms with Gasteiger partial charge in [-0.1, -0.05) is 13.0 Å². The second kappa shape index (κ2) is 5.87. The topological polar surface area (TPSA) is 58.4 Å². The average Bonchev–Trinajstić information content (AvgIpc) is 2.54. The number of amides is 1. The Kier molecular flexibility index (Phi) is 4.20. The van der Waals surface area contributed by atoms with Crippen LogP contribution < -0.4 is 16.0 Å². The molecule has 1 amide bonds. The number of fused-ring (bicyclic) bond motifs is 1. The highest BCUT2D eigenvalue weighted by Gasteiger charge is 2.18. The molecule has 3 N–H and O–H groups in total. The fourth-order valence-electron chi connectivity index (χ4n) is 2.25. The van der Waals surface area contributed by atoms with Crippen LogP contribution in [-0.4, -0.2) is 25.5 Å². The number of anilines is 2. The van der Waals surface area contributed by atoms with Gasteiger partial charge in [0.2, 0.25) is 5.91 Å². The van der Waals surface area contributed by atoms with Gasteiger partial charge in [0.25, 0.3) is 0 Å². The van der Waals surface area contributed by atoms with Crippen LogP contribution in [0.25, 0.3) is 0 Å². The highest BCUT2D eigenvalue weighted by Crippen LogP contribution is 2.30. The van der Waals surface area contributed by atoms with Crippen molar-refractivity contribution in [3.8, 4) is 0 Å². The monoisotopic (exact) mass is 247 g/mol. The maximum absolute atomic E-state index is 11.7. The molecule has 4 heteroatoms. The molecule has 0 saturated carbocycles. The Balaban J connectivity index is 2.31. The molecule has 0 atom stereocenters. The molecule has 1 aliphatic rings. The summed E-state index contributed by atoms with van der Waals surface area (Å²) in [5, 5.41) is 2.97. The van der Waals surface area contributed by atoms with Gasteiger partial charge >= 0.3 is 0 Å². The molecule has 1 aromatic carbocycles. The SMILES string of the molecule is CCc1ccc2c(c1)N(CCCN)CCC(=O)N2. The molecule has 2 rings (SSSR count). The Morgan fingerprint density at radius 3 is 3.00 bits per heavy atom. The minimum absolute atomic E-state index is 0.0933. The maximum atomic E-state index is 11.7. The zero-order chi connectivity index (χ0) is 13.0. The highest BCUT2D eigenvalue weighted by atomic mass is 16.1. The molecule has 0 unspecified atom stereocenters. The van der Waals surface area contributed by atoms with Crippen LogP contribution in [0.3, 0.4) is 0 Å². The van der Waals surface area contributed by atoms with E-state index in [1.807, 2.05) is 6.07 Å². The van der Waals surface area contributed by atoms with E-state index in [1.165, 1.54) is 5.56 Å². The number of nitrogens with one attached hydrogen (secondary N) is 1. The third kappa shape index (κ3) is 2.82. The summed E-state index contributed by atoms with van der Waals surface area (Å²) >= 11 is 0. The van der Waals surface area contributed by atoms with Gasteiger partial charge in [-0.25, -0.2) is 0 Å². The first-order chi connectivity index (χ1) is 8.74. The first kappa shape index (κ1) is 12.9. The Hall–Kier alpha value is -1.55. The molecule has 98 valence electrons. The average molecular weight is 247 g/mol. The second-order valence-corrected chi connectivity index (χ2v) is 4.63. The molecule has 1 aromatic rings. The van der Waals surface area contributed by atoms with E-state index < -0.39 is 0 Å². The molecule has 0 saturated heterocycles. The minimum Gasteiger partial charge on any atom is -0.369 e. The van der Waals surface area contributed by atoms with Crippen molar-refractivity contribution in [3.05, 3.63) is 23.8 Å². The molecule has 0 radical (unpaired) electrons. The highest BCUT2D eigenvalue weighted by molar-refractivity contribution is 5.96. The van der Waals surface area contributed by atoms with Crippen molar-refractivity contribution < 1.29 is 4.79 Å². The zero-order valence-corrected chi connectivity index (χ0v) is 10.9. The van der Waals surface area contributed by atoms with Crippen molar-refractivity contribution in [3.63, 3.8) is 0 Å². The second-order valence-electron chi connectivity index (χ2n) is 4.63. The number of benzene rings is 1. The van der Waals surface area contributed by atoms with Crippen LogP contribution in [0.1, 0.15) is 25.3 Å². The third-order valence-corrected chi connectivity index (χ3v) is 3.33. The van der Waals surface area contributed by atoms with Crippen LogP contribution in [-0.2, 0) is 11.2 Å². The van der Waals surface area contributed by atoms with Gasteiger partial charge in [0, 0.05) is 19.5 Å². The molecular weight excluding hydrogens is 226 g/mol. The Labute approximate surface area is 108 Å². The van der Waals surface area contributed by atoms with Crippen LogP contribution in [0.15, 0.2) is 18.2 Å². The molecule has 0 aromatic heterocycles. The normalized spacial score (nSPS) is 15.0. The van der Waals surface area contributed by atoms with E-state index in [1.54, 1.807) is 0 Å². The lowest BCUT2D eigenvalue weighted by atomic mass is 10.1. The van der Waals surface area contributed by atoms with E-state index in [9.17, 15) is 4.79 Å². The molecule has 1 aliphatic heterocycles. The maximum Gasteiger partial charge on any atom is 0.226 e. The molecule has 18 heavy (non-hydrogen) atoms. The van der Waals surface area contributed by atoms with Gasteiger partial charge in [-0.2, -0.15) is 0 Å². The quantitative estimate of drug-likeness (QED) is 0.852. The fraction of sp³-hybridized carbons (Fsp3) is 0.500. The standard InChI is InChI=1S/C14H21N3O/c1-2-11-4-5-12-13(10-11)17(8-3-7-15)9-6-14(18)16-12/h4-5,10H,2-3,6-9,15H2,1H3,(H,16,18). The Bertz CT molecular complexity index is 431. The summed E-state index contributed by atoms with van der Waals surface area (Å²) in [6, 6.07) is 6.26. The molecule has 0 bridgehead atoms. The van der Waals surface area contributed by atoms with E-state index >= 15 is 0 Å². The predicted molar refractivity (Wildman–Crippen MR) is 75.0 cm³/mol.